The predicted molar refractivity (Wildman–Crippen MR) is 143 cm³/mol. The van der Waals surface area contributed by atoms with Gasteiger partial charge in [-0.2, -0.15) is 0 Å². The Bertz CT molecular complexity index is 1590. The van der Waals surface area contributed by atoms with Crippen molar-refractivity contribution in [3.63, 3.8) is 0 Å². The third kappa shape index (κ3) is 3.88. The fraction of sp³-hybridized carbons (Fsp3) is 0.0690. The van der Waals surface area contributed by atoms with Crippen LogP contribution in [-0.2, 0) is 0 Å². The summed E-state index contributed by atoms with van der Waals surface area (Å²) in [6.45, 7) is 0. The fourth-order valence-electron chi connectivity index (χ4n) is 4.33. The van der Waals surface area contributed by atoms with Gasteiger partial charge in [0.05, 0.1) is 36.0 Å². The van der Waals surface area contributed by atoms with Crippen LogP contribution in [0.2, 0.25) is 0 Å². The molecule has 0 aliphatic carbocycles. The molecule has 0 amide bonds. The maximum atomic E-state index is 5.37. The van der Waals surface area contributed by atoms with E-state index in [2.05, 4.69) is 69.7 Å². The first-order chi connectivity index (χ1) is 17.2. The van der Waals surface area contributed by atoms with Gasteiger partial charge in [-0.3, -0.25) is 0 Å². The van der Waals surface area contributed by atoms with Gasteiger partial charge in [-0.25, -0.2) is 4.98 Å². The Hall–Kier alpha value is -4.29. The van der Waals surface area contributed by atoms with E-state index in [4.69, 9.17) is 14.5 Å². The van der Waals surface area contributed by atoms with E-state index in [1.54, 1.807) is 25.6 Å². The maximum absolute atomic E-state index is 5.37. The van der Waals surface area contributed by atoms with E-state index in [1.165, 1.54) is 0 Å². The molecule has 0 aliphatic rings. The molecule has 0 bridgehead atoms. The van der Waals surface area contributed by atoms with Gasteiger partial charge in [0.1, 0.15) is 17.3 Å². The molecule has 5 nitrogen and oxygen atoms in total. The summed E-state index contributed by atoms with van der Waals surface area (Å²) < 4.78 is 12.9. The summed E-state index contributed by atoms with van der Waals surface area (Å²) >= 11 is 1.67. The molecule has 3 heterocycles. The molecular formula is C29H23N3O2S. The number of hydrogen-bond donors (Lipinski definition) is 1. The van der Waals surface area contributed by atoms with Crippen LogP contribution in [0.15, 0.2) is 96.5 Å². The molecule has 6 heteroatoms. The smallest absolute Gasteiger partial charge is 0.148 e. The number of ether oxygens (including phenoxy) is 2. The molecule has 6 aromatic rings. The number of imidazole rings is 1. The Labute approximate surface area is 207 Å². The van der Waals surface area contributed by atoms with Crippen molar-refractivity contribution < 1.29 is 9.47 Å². The van der Waals surface area contributed by atoms with Crippen LogP contribution in [-0.4, -0.2) is 28.8 Å². The molecule has 0 spiro atoms. The molecular weight excluding hydrogens is 454 g/mol. The highest BCUT2D eigenvalue weighted by Gasteiger charge is 2.16. The molecule has 0 saturated heterocycles. The van der Waals surface area contributed by atoms with E-state index in [-0.39, 0.29) is 0 Å². The standard InChI is InChI=1S/C29H23N3O2S/c1-33-23-11-7-20(8-12-23)28-27(30-29(31-28)26-4-3-17-35-26)19-5-9-22(10-6-19)32-16-15-21-18-24(34-2)13-14-25(21)32/h3-18H,1-2H3,(H,30,31). The predicted octanol–water partition coefficient (Wildman–Crippen LogP) is 7.43. The first-order valence-corrected chi connectivity index (χ1v) is 12.2. The Morgan fingerprint density at radius 3 is 2.26 bits per heavy atom. The van der Waals surface area contributed by atoms with Crippen molar-refractivity contribution >= 4 is 22.2 Å². The molecule has 0 atom stereocenters. The first-order valence-electron chi connectivity index (χ1n) is 11.3. The van der Waals surface area contributed by atoms with Crippen molar-refractivity contribution in [2.24, 2.45) is 0 Å². The topological polar surface area (TPSA) is 52.1 Å². The number of benzene rings is 3. The van der Waals surface area contributed by atoms with Crippen molar-refractivity contribution in [3.05, 3.63) is 96.5 Å². The number of nitrogens with zero attached hydrogens (tertiary/aromatic N) is 2. The number of H-pyrrole nitrogens is 1. The lowest BCUT2D eigenvalue weighted by atomic mass is 10.0. The number of aromatic nitrogens is 3. The lowest BCUT2D eigenvalue weighted by molar-refractivity contribution is 0.415. The summed E-state index contributed by atoms with van der Waals surface area (Å²) in [7, 11) is 3.37. The highest BCUT2D eigenvalue weighted by atomic mass is 32.1. The van der Waals surface area contributed by atoms with Gasteiger partial charge in [0.2, 0.25) is 0 Å². The van der Waals surface area contributed by atoms with Crippen LogP contribution in [0.25, 0.3) is 49.8 Å². The Balaban J connectivity index is 1.41. The second kappa shape index (κ2) is 8.81. The molecule has 0 radical (unpaired) electrons. The van der Waals surface area contributed by atoms with Gasteiger partial charge in [0.25, 0.3) is 0 Å². The SMILES string of the molecule is COc1ccc(-c2nc(-c3cccs3)[nH]c2-c2ccc(-n3ccc4cc(OC)ccc43)cc2)cc1. The van der Waals surface area contributed by atoms with E-state index in [1.807, 2.05) is 36.4 Å². The lowest BCUT2D eigenvalue weighted by Crippen LogP contribution is -1.92. The van der Waals surface area contributed by atoms with Crippen LogP contribution in [0.4, 0.5) is 0 Å². The number of aromatic amines is 1. The number of thiophene rings is 1. The third-order valence-electron chi connectivity index (χ3n) is 6.15. The van der Waals surface area contributed by atoms with Crippen LogP contribution in [0.5, 0.6) is 11.5 Å². The minimum Gasteiger partial charge on any atom is -0.497 e. The summed E-state index contributed by atoms with van der Waals surface area (Å²) in [5.74, 6) is 2.55. The number of methoxy groups -OCH3 is 2. The highest BCUT2D eigenvalue weighted by molar-refractivity contribution is 7.13. The Morgan fingerprint density at radius 1 is 0.800 bits per heavy atom. The zero-order valence-corrected chi connectivity index (χ0v) is 20.2. The molecule has 35 heavy (non-hydrogen) atoms. The molecule has 3 aromatic carbocycles. The van der Waals surface area contributed by atoms with Crippen LogP contribution >= 0.6 is 11.3 Å². The Kier molecular flexibility index (Phi) is 5.35. The normalized spacial score (nSPS) is 11.1. The second-order valence-corrected chi connectivity index (χ2v) is 9.12. The Morgan fingerprint density at radius 2 is 1.54 bits per heavy atom. The number of hydrogen-bond acceptors (Lipinski definition) is 4. The van der Waals surface area contributed by atoms with E-state index in [0.29, 0.717) is 0 Å². The van der Waals surface area contributed by atoms with Crippen molar-refractivity contribution in [1.82, 2.24) is 14.5 Å². The van der Waals surface area contributed by atoms with E-state index in [0.717, 1.165) is 61.3 Å². The van der Waals surface area contributed by atoms with Crippen molar-refractivity contribution in [1.29, 1.82) is 0 Å². The van der Waals surface area contributed by atoms with Crippen molar-refractivity contribution in [2.45, 2.75) is 0 Å². The van der Waals surface area contributed by atoms with Gasteiger partial charge in [-0.05, 0) is 72.1 Å². The molecule has 6 rings (SSSR count). The monoisotopic (exact) mass is 477 g/mol. The molecule has 1 N–H and O–H groups in total. The summed E-state index contributed by atoms with van der Waals surface area (Å²) in [5, 5.41) is 3.21. The van der Waals surface area contributed by atoms with Gasteiger partial charge in [0.15, 0.2) is 0 Å². The van der Waals surface area contributed by atoms with Crippen molar-refractivity contribution in [2.75, 3.05) is 14.2 Å². The minimum atomic E-state index is 0.824. The molecule has 0 fully saturated rings. The summed E-state index contributed by atoms with van der Waals surface area (Å²) in [6, 6.07) is 29.0. The quantitative estimate of drug-likeness (QED) is 0.271. The van der Waals surface area contributed by atoms with Crippen molar-refractivity contribution in [3.8, 4) is 50.4 Å². The minimum absolute atomic E-state index is 0.824. The van der Waals surface area contributed by atoms with Crippen LogP contribution in [0.1, 0.15) is 0 Å². The van der Waals surface area contributed by atoms with Crippen LogP contribution in [0, 0.1) is 0 Å². The molecule has 172 valence electrons. The zero-order valence-electron chi connectivity index (χ0n) is 19.4. The van der Waals surface area contributed by atoms with Gasteiger partial charge < -0.3 is 19.0 Å². The maximum Gasteiger partial charge on any atom is 0.148 e. The first kappa shape index (κ1) is 21.3. The highest BCUT2D eigenvalue weighted by Crippen LogP contribution is 2.35. The number of nitrogens with one attached hydrogen (secondary N) is 1. The second-order valence-electron chi connectivity index (χ2n) is 8.17. The number of rotatable bonds is 6. The molecule has 0 unspecified atom stereocenters. The van der Waals surface area contributed by atoms with Gasteiger partial charge in [0, 0.05) is 28.4 Å². The molecule has 0 aliphatic heterocycles. The average molecular weight is 478 g/mol. The molecule has 0 saturated carbocycles. The van der Waals surface area contributed by atoms with Crippen LogP contribution in [0.3, 0.4) is 0 Å². The average Bonchev–Trinajstić information content (AvgIpc) is 3.68. The third-order valence-corrected chi connectivity index (χ3v) is 7.03. The van der Waals surface area contributed by atoms with Gasteiger partial charge in [-0.1, -0.05) is 18.2 Å². The lowest BCUT2D eigenvalue weighted by Gasteiger charge is -2.09. The fourth-order valence-corrected chi connectivity index (χ4v) is 5.00. The van der Waals surface area contributed by atoms with Crippen LogP contribution < -0.4 is 9.47 Å². The van der Waals surface area contributed by atoms with E-state index in [9.17, 15) is 0 Å². The zero-order chi connectivity index (χ0) is 23.8. The summed E-state index contributed by atoms with van der Waals surface area (Å²) in [4.78, 5) is 9.66. The summed E-state index contributed by atoms with van der Waals surface area (Å²) in [6.07, 6.45) is 2.09. The van der Waals surface area contributed by atoms with E-state index < -0.39 is 0 Å². The largest absolute Gasteiger partial charge is 0.497 e. The molecule has 3 aromatic heterocycles. The van der Waals surface area contributed by atoms with Gasteiger partial charge in [-0.15, -0.1) is 11.3 Å². The van der Waals surface area contributed by atoms with Gasteiger partial charge >= 0.3 is 0 Å². The summed E-state index contributed by atoms with van der Waals surface area (Å²) in [5.41, 5.74) is 6.26. The van der Waals surface area contributed by atoms with E-state index >= 15 is 0 Å². The number of fused-ring (bicyclic) bond motifs is 1.